The SMILES string of the molecule is Cc1c(C(=O)OOC(=O)c2ccc3ooc3c2C)cccc1C(C)(C)CC(C)OC(=O)C(=O)Cl. The number of hydrogen-bond donors (Lipinski definition) is 0. The molecule has 0 fully saturated rings. The summed E-state index contributed by atoms with van der Waals surface area (Å²) in [4.78, 5) is 57.0. The van der Waals surface area contributed by atoms with E-state index in [4.69, 9.17) is 35.3 Å². The van der Waals surface area contributed by atoms with Crippen LogP contribution in [0.1, 0.15) is 64.6 Å². The van der Waals surface area contributed by atoms with Gasteiger partial charge < -0.3 is 4.74 Å². The smallest absolute Gasteiger partial charge is 0.391 e. The maximum absolute atomic E-state index is 12.7. The van der Waals surface area contributed by atoms with E-state index in [1.54, 1.807) is 39.0 Å². The molecule has 0 N–H and O–H groups in total. The summed E-state index contributed by atoms with van der Waals surface area (Å²) < 4.78 is 14.7. The van der Waals surface area contributed by atoms with E-state index in [0.29, 0.717) is 28.7 Å². The van der Waals surface area contributed by atoms with Crippen LogP contribution in [-0.2, 0) is 29.5 Å². The highest BCUT2D eigenvalue weighted by molar-refractivity contribution is 6.80. The number of halogens is 1. The average Bonchev–Trinajstić information content (AvgIpc) is 2.72. The molecule has 3 rings (SSSR count). The second kappa shape index (κ2) is 9.72. The van der Waals surface area contributed by atoms with Crippen molar-refractivity contribution in [3.63, 3.8) is 0 Å². The molecule has 2 aromatic carbocycles. The largest absolute Gasteiger partial charge is 0.456 e. The number of esters is 1. The minimum absolute atomic E-state index is 0.167. The molecule has 0 spiro atoms. The summed E-state index contributed by atoms with van der Waals surface area (Å²) in [5.41, 5.74) is 2.60. The van der Waals surface area contributed by atoms with Crippen molar-refractivity contribution in [3.05, 3.63) is 58.1 Å². The van der Waals surface area contributed by atoms with E-state index < -0.39 is 34.7 Å². The van der Waals surface area contributed by atoms with Crippen LogP contribution in [0.5, 0.6) is 0 Å². The molecule has 0 bridgehead atoms. The zero-order valence-electron chi connectivity index (χ0n) is 19.2. The number of carbonyl (C=O) groups is 4. The van der Waals surface area contributed by atoms with Crippen LogP contribution >= 0.6 is 11.6 Å². The van der Waals surface area contributed by atoms with Crippen molar-refractivity contribution in [2.24, 2.45) is 0 Å². The van der Waals surface area contributed by atoms with Crippen molar-refractivity contribution in [2.75, 3.05) is 0 Å². The molecule has 9 nitrogen and oxygen atoms in total. The number of aryl methyl sites for hydroxylation is 1. The molecule has 0 radical (unpaired) electrons. The Morgan fingerprint density at radius 1 is 0.941 bits per heavy atom. The quantitative estimate of drug-likeness (QED) is 0.149. The maximum atomic E-state index is 12.7. The van der Waals surface area contributed by atoms with Crippen LogP contribution in [0, 0.1) is 13.8 Å². The summed E-state index contributed by atoms with van der Waals surface area (Å²) in [6.45, 7) is 8.82. The fraction of sp³-hybridized carbons (Fsp3) is 0.333. The molecule has 34 heavy (non-hydrogen) atoms. The van der Waals surface area contributed by atoms with Gasteiger partial charge in [0, 0.05) is 5.56 Å². The first-order chi connectivity index (χ1) is 15.9. The van der Waals surface area contributed by atoms with Gasteiger partial charge in [-0.15, -0.1) is 0 Å². The molecule has 0 saturated carbocycles. The van der Waals surface area contributed by atoms with Crippen LogP contribution in [-0.4, -0.2) is 29.3 Å². The third-order valence-electron chi connectivity index (χ3n) is 5.55. The molecule has 180 valence electrons. The van der Waals surface area contributed by atoms with Crippen molar-refractivity contribution in [3.8, 4) is 0 Å². The Labute approximate surface area is 199 Å². The standard InChI is InChI=1S/C24H23ClO9/c1-12(30-23(29)20(25)26)11-24(4,5)17-8-6-7-15(13(17)2)21(27)33-34-22(28)16-9-10-18-19(14(16)3)32-31-18/h6-10,12H,11H2,1-5H3. The van der Waals surface area contributed by atoms with Crippen molar-refractivity contribution < 1.29 is 42.8 Å². The Balaban J connectivity index is 1.71. The number of benzene rings is 2. The molecule has 0 aliphatic carbocycles. The molecule has 0 saturated heterocycles. The normalized spacial score (nSPS) is 12.3. The van der Waals surface area contributed by atoms with Crippen LogP contribution in [0.15, 0.2) is 39.5 Å². The van der Waals surface area contributed by atoms with Gasteiger partial charge in [0.05, 0.1) is 11.1 Å². The molecule has 10 heteroatoms. The lowest BCUT2D eigenvalue weighted by atomic mass is 9.77. The zero-order chi connectivity index (χ0) is 25.2. The van der Waals surface area contributed by atoms with Gasteiger partial charge in [0.1, 0.15) is 6.10 Å². The number of ether oxygens (including phenoxy) is 1. The minimum Gasteiger partial charge on any atom is -0.456 e. The van der Waals surface area contributed by atoms with Gasteiger partial charge in [0.15, 0.2) is 0 Å². The van der Waals surface area contributed by atoms with E-state index in [-0.39, 0.29) is 11.1 Å². The summed E-state index contributed by atoms with van der Waals surface area (Å²) in [6, 6.07) is 8.06. The topological polar surface area (TPSA) is 122 Å². The summed E-state index contributed by atoms with van der Waals surface area (Å²) in [5.74, 6) is -2.83. The highest BCUT2D eigenvalue weighted by atomic mass is 35.5. The maximum Gasteiger partial charge on any atom is 0.391 e. The van der Waals surface area contributed by atoms with Crippen LogP contribution in [0.3, 0.4) is 0 Å². The molecule has 3 aromatic rings. The summed E-state index contributed by atoms with van der Waals surface area (Å²) in [6.07, 6.45) is -0.262. The average molecular weight is 491 g/mol. The molecular weight excluding hydrogens is 468 g/mol. The second-order valence-corrected chi connectivity index (χ2v) is 8.87. The van der Waals surface area contributed by atoms with Crippen LogP contribution in [0.4, 0.5) is 0 Å². The molecule has 1 heterocycles. The summed E-state index contributed by atoms with van der Waals surface area (Å²) in [7, 11) is 0. The van der Waals surface area contributed by atoms with Crippen molar-refractivity contribution in [2.45, 2.75) is 52.6 Å². The lowest BCUT2D eigenvalue weighted by Crippen LogP contribution is -2.29. The zero-order valence-corrected chi connectivity index (χ0v) is 20.0. The Kier molecular flexibility index (Phi) is 7.16. The number of hydrogen-bond acceptors (Lipinski definition) is 9. The second-order valence-electron chi connectivity index (χ2n) is 8.53. The van der Waals surface area contributed by atoms with Crippen molar-refractivity contribution >= 4 is 45.9 Å². The highest BCUT2D eigenvalue weighted by Gasteiger charge is 2.30. The Morgan fingerprint density at radius 3 is 2.12 bits per heavy atom. The Hall–Kier alpha value is -3.59. The number of rotatable bonds is 7. The van der Waals surface area contributed by atoms with E-state index >= 15 is 0 Å². The molecule has 0 aliphatic heterocycles. The lowest BCUT2D eigenvalue weighted by Gasteiger charge is -2.30. The fourth-order valence-electron chi connectivity index (χ4n) is 3.96. The van der Waals surface area contributed by atoms with Gasteiger partial charge in [-0.1, -0.05) is 26.0 Å². The fourth-order valence-corrected chi connectivity index (χ4v) is 4.01. The molecule has 1 aromatic heterocycles. The van der Waals surface area contributed by atoms with E-state index in [0.717, 1.165) is 5.56 Å². The Morgan fingerprint density at radius 2 is 1.56 bits per heavy atom. The first kappa shape index (κ1) is 25.0. The van der Waals surface area contributed by atoms with E-state index in [9.17, 15) is 19.2 Å². The molecule has 1 unspecified atom stereocenters. The van der Waals surface area contributed by atoms with Crippen molar-refractivity contribution in [1.82, 2.24) is 0 Å². The van der Waals surface area contributed by atoms with Crippen LogP contribution in [0.2, 0.25) is 0 Å². The predicted molar refractivity (Wildman–Crippen MR) is 119 cm³/mol. The van der Waals surface area contributed by atoms with Gasteiger partial charge >= 0.3 is 23.2 Å². The predicted octanol–water partition coefficient (Wildman–Crippen LogP) is 4.94. The van der Waals surface area contributed by atoms with E-state index in [1.807, 2.05) is 19.9 Å². The van der Waals surface area contributed by atoms with Gasteiger partial charge in [-0.2, -0.15) is 0 Å². The highest BCUT2D eigenvalue weighted by Crippen LogP contribution is 2.33. The molecule has 0 amide bonds. The van der Waals surface area contributed by atoms with Gasteiger partial charge in [0.2, 0.25) is 11.2 Å². The Bertz CT molecular complexity index is 1260. The monoisotopic (exact) mass is 490 g/mol. The molecule has 1 atom stereocenters. The lowest BCUT2D eigenvalue weighted by molar-refractivity contribution is -0.187. The first-order valence-corrected chi connectivity index (χ1v) is 10.7. The van der Waals surface area contributed by atoms with Gasteiger partial charge in [-0.25, -0.2) is 24.2 Å². The van der Waals surface area contributed by atoms with Gasteiger partial charge in [-0.3, -0.25) is 13.9 Å². The van der Waals surface area contributed by atoms with Crippen molar-refractivity contribution in [1.29, 1.82) is 0 Å². The first-order valence-electron chi connectivity index (χ1n) is 10.3. The van der Waals surface area contributed by atoms with Crippen LogP contribution < -0.4 is 0 Å². The van der Waals surface area contributed by atoms with E-state index in [1.165, 1.54) is 6.07 Å². The third kappa shape index (κ3) is 5.14. The molecule has 0 aliphatic rings. The van der Waals surface area contributed by atoms with Gasteiger partial charge in [-0.05, 0) is 73.5 Å². The van der Waals surface area contributed by atoms with Gasteiger partial charge in [0.25, 0.3) is 0 Å². The molecular formula is C24H23ClO9. The minimum atomic E-state index is -1.19. The number of carbonyl (C=O) groups excluding carboxylic acids is 4. The van der Waals surface area contributed by atoms with E-state index in [2.05, 4.69) is 0 Å². The summed E-state index contributed by atoms with van der Waals surface area (Å²) >= 11 is 5.15. The number of fused-ring (bicyclic) bond motifs is 1. The summed E-state index contributed by atoms with van der Waals surface area (Å²) in [5, 5.41) is -1.19. The third-order valence-corrected chi connectivity index (χ3v) is 5.70. The van der Waals surface area contributed by atoms with Crippen LogP contribution in [0.25, 0.3) is 11.2 Å².